The SMILES string of the molecule is Nc1ccccc1C(=O)N/N=C\c1cc(Br)c(OCc2ccc(Cl)cc2)c(Br)c1. The molecule has 0 aliphatic carbocycles. The molecule has 0 atom stereocenters. The van der Waals surface area contributed by atoms with Gasteiger partial charge in [-0.05, 0) is 79.4 Å². The van der Waals surface area contributed by atoms with Crippen LogP contribution in [0.25, 0.3) is 0 Å². The molecular formula is C21H16Br2ClN3O2. The first-order chi connectivity index (χ1) is 13.9. The number of nitrogen functional groups attached to an aromatic ring is 1. The van der Waals surface area contributed by atoms with Crippen molar-refractivity contribution in [3.05, 3.63) is 91.3 Å². The fourth-order valence-corrected chi connectivity index (χ4v) is 4.03. The Balaban J connectivity index is 1.65. The molecule has 0 aliphatic rings. The number of nitrogens with zero attached hydrogens (tertiary/aromatic N) is 1. The monoisotopic (exact) mass is 535 g/mol. The van der Waals surface area contributed by atoms with Crippen LogP contribution in [0.5, 0.6) is 5.75 Å². The lowest BCUT2D eigenvalue weighted by atomic mass is 10.2. The van der Waals surface area contributed by atoms with Crippen molar-refractivity contribution in [1.82, 2.24) is 5.43 Å². The van der Waals surface area contributed by atoms with Gasteiger partial charge in [-0.15, -0.1) is 0 Å². The number of anilines is 1. The lowest BCUT2D eigenvalue weighted by Crippen LogP contribution is -2.19. The summed E-state index contributed by atoms with van der Waals surface area (Å²) in [5, 5.41) is 4.68. The zero-order valence-corrected chi connectivity index (χ0v) is 19.0. The normalized spacial score (nSPS) is 10.9. The minimum absolute atomic E-state index is 0.373. The maximum Gasteiger partial charge on any atom is 0.273 e. The number of benzene rings is 3. The molecule has 0 bridgehead atoms. The summed E-state index contributed by atoms with van der Waals surface area (Å²) in [5.74, 6) is 0.290. The molecule has 0 unspecified atom stereocenters. The number of ether oxygens (including phenoxy) is 1. The van der Waals surface area contributed by atoms with Gasteiger partial charge >= 0.3 is 0 Å². The van der Waals surface area contributed by atoms with Gasteiger partial charge in [0, 0.05) is 10.7 Å². The molecule has 3 N–H and O–H groups in total. The predicted octanol–water partition coefficient (Wildman–Crippen LogP) is 5.79. The molecule has 0 spiro atoms. The molecule has 0 fully saturated rings. The summed E-state index contributed by atoms with van der Waals surface area (Å²) in [6, 6.07) is 18.0. The highest BCUT2D eigenvalue weighted by Crippen LogP contribution is 2.35. The van der Waals surface area contributed by atoms with Gasteiger partial charge in [0.05, 0.1) is 20.7 Å². The van der Waals surface area contributed by atoms with E-state index in [1.807, 2.05) is 36.4 Å². The second kappa shape index (κ2) is 9.91. The molecular weight excluding hydrogens is 522 g/mol. The fourth-order valence-electron chi connectivity index (χ4n) is 2.46. The van der Waals surface area contributed by atoms with Gasteiger partial charge in [0.25, 0.3) is 5.91 Å². The van der Waals surface area contributed by atoms with E-state index in [-0.39, 0.29) is 5.91 Å². The second-order valence-electron chi connectivity index (χ2n) is 6.02. The highest BCUT2D eigenvalue weighted by Gasteiger charge is 2.10. The molecule has 0 saturated heterocycles. The van der Waals surface area contributed by atoms with Crippen molar-refractivity contribution in [2.45, 2.75) is 6.61 Å². The first-order valence-electron chi connectivity index (χ1n) is 8.48. The smallest absolute Gasteiger partial charge is 0.273 e. The first-order valence-corrected chi connectivity index (χ1v) is 10.4. The van der Waals surface area contributed by atoms with Crippen LogP contribution in [0.2, 0.25) is 5.02 Å². The van der Waals surface area contributed by atoms with Gasteiger partial charge in [-0.3, -0.25) is 4.79 Å². The molecule has 3 aromatic carbocycles. The zero-order valence-electron chi connectivity index (χ0n) is 15.0. The van der Waals surface area contributed by atoms with Gasteiger partial charge in [-0.1, -0.05) is 35.9 Å². The van der Waals surface area contributed by atoms with E-state index in [2.05, 4.69) is 42.4 Å². The van der Waals surface area contributed by atoms with E-state index < -0.39 is 0 Å². The first kappa shape index (κ1) is 21.4. The summed E-state index contributed by atoms with van der Waals surface area (Å²) in [6.45, 7) is 0.399. The number of carbonyl (C=O) groups is 1. The number of hydrogen-bond donors (Lipinski definition) is 2. The lowest BCUT2D eigenvalue weighted by Gasteiger charge is -2.11. The zero-order chi connectivity index (χ0) is 20.8. The number of hydrogen-bond acceptors (Lipinski definition) is 4. The van der Waals surface area contributed by atoms with Crippen LogP contribution in [-0.4, -0.2) is 12.1 Å². The summed E-state index contributed by atoms with van der Waals surface area (Å²) in [4.78, 5) is 12.1. The lowest BCUT2D eigenvalue weighted by molar-refractivity contribution is 0.0956. The minimum Gasteiger partial charge on any atom is -0.487 e. The molecule has 0 saturated carbocycles. The van der Waals surface area contributed by atoms with E-state index >= 15 is 0 Å². The number of nitrogens with one attached hydrogen (secondary N) is 1. The number of nitrogens with two attached hydrogens (primary N) is 1. The molecule has 148 valence electrons. The third-order valence-corrected chi connectivity index (χ3v) is 5.33. The van der Waals surface area contributed by atoms with Crippen LogP contribution in [0.3, 0.4) is 0 Å². The van der Waals surface area contributed by atoms with Gasteiger partial charge in [0.15, 0.2) is 0 Å². The van der Waals surface area contributed by atoms with Crippen molar-refractivity contribution in [3.63, 3.8) is 0 Å². The van der Waals surface area contributed by atoms with Crippen molar-refractivity contribution in [2.75, 3.05) is 5.73 Å². The molecule has 1 amide bonds. The Bertz CT molecular complexity index is 1030. The van der Waals surface area contributed by atoms with Crippen LogP contribution >= 0.6 is 43.5 Å². The standard InChI is InChI=1S/C21H16Br2ClN3O2/c22-17-9-14(11-26-27-21(28)16-3-1-2-4-19(16)25)10-18(23)20(17)29-12-13-5-7-15(24)8-6-13/h1-11H,12,25H2,(H,27,28)/b26-11-. The summed E-state index contributed by atoms with van der Waals surface area (Å²) in [7, 11) is 0. The Labute approximate surface area is 190 Å². The van der Waals surface area contributed by atoms with Crippen molar-refractivity contribution in [1.29, 1.82) is 0 Å². The van der Waals surface area contributed by atoms with Crippen LogP contribution in [0.1, 0.15) is 21.5 Å². The van der Waals surface area contributed by atoms with Crippen LogP contribution in [0.15, 0.2) is 74.7 Å². The molecule has 5 nitrogen and oxygen atoms in total. The van der Waals surface area contributed by atoms with Gasteiger partial charge < -0.3 is 10.5 Å². The number of halogens is 3. The largest absolute Gasteiger partial charge is 0.487 e. The van der Waals surface area contributed by atoms with Gasteiger partial charge in [-0.25, -0.2) is 5.43 Å². The van der Waals surface area contributed by atoms with Crippen LogP contribution in [0.4, 0.5) is 5.69 Å². The maximum absolute atomic E-state index is 12.1. The van der Waals surface area contributed by atoms with Gasteiger partial charge in [-0.2, -0.15) is 5.10 Å². The molecule has 0 aliphatic heterocycles. The topological polar surface area (TPSA) is 76.7 Å². The van der Waals surface area contributed by atoms with Crippen LogP contribution in [-0.2, 0) is 6.61 Å². The van der Waals surface area contributed by atoms with Crippen LogP contribution in [0, 0.1) is 0 Å². The molecule has 0 radical (unpaired) electrons. The Hall–Kier alpha value is -2.35. The van der Waals surface area contributed by atoms with E-state index in [0.717, 1.165) is 20.1 Å². The second-order valence-corrected chi connectivity index (χ2v) is 8.16. The maximum atomic E-state index is 12.1. The Morgan fingerprint density at radius 3 is 2.41 bits per heavy atom. The summed E-state index contributed by atoms with van der Waals surface area (Å²) < 4.78 is 7.40. The number of rotatable bonds is 6. The van der Waals surface area contributed by atoms with E-state index in [4.69, 9.17) is 22.1 Å². The fraction of sp³-hybridized carbons (Fsp3) is 0.0476. The average molecular weight is 538 g/mol. The molecule has 8 heteroatoms. The van der Waals surface area contributed by atoms with Gasteiger partial charge in [0.1, 0.15) is 12.4 Å². The molecule has 3 rings (SSSR count). The minimum atomic E-state index is -0.375. The third-order valence-electron chi connectivity index (χ3n) is 3.90. The number of para-hydroxylation sites is 1. The Morgan fingerprint density at radius 1 is 1.10 bits per heavy atom. The van der Waals surface area contributed by atoms with E-state index in [1.165, 1.54) is 6.21 Å². The molecule has 0 heterocycles. The van der Waals surface area contributed by atoms with E-state index in [1.54, 1.807) is 24.3 Å². The number of hydrazone groups is 1. The van der Waals surface area contributed by atoms with E-state index in [0.29, 0.717) is 28.6 Å². The summed E-state index contributed by atoms with van der Waals surface area (Å²) in [5.41, 5.74) is 10.8. The van der Waals surface area contributed by atoms with Crippen molar-refractivity contribution in [2.24, 2.45) is 5.10 Å². The van der Waals surface area contributed by atoms with Crippen molar-refractivity contribution >= 4 is 61.3 Å². The molecule has 3 aromatic rings. The van der Waals surface area contributed by atoms with E-state index in [9.17, 15) is 4.79 Å². The Kier molecular flexibility index (Phi) is 7.30. The molecule has 0 aromatic heterocycles. The third kappa shape index (κ3) is 5.82. The van der Waals surface area contributed by atoms with Crippen LogP contribution < -0.4 is 15.9 Å². The van der Waals surface area contributed by atoms with Crippen molar-refractivity contribution in [3.8, 4) is 5.75 Å². The number of amides is 1. The molecule has 29 heavy (non-hydrogen) atoms. The average Bonchev–Trinajstić information content (AvgIpc) is 2.69. The van der Waals surface area contributed by atoms with Crippen molar-refractivity contribution < 1.29 is 9.53 Å². The summed E-state index contributed by atoms with van der Waals surface area (Å²) >= 11 is 12.9. The summed E-state index contributed by atoms with van der Waals surface area (Å²) in [6.07, 6.45) is 1.54. The quantitative estimate of drug-likeness (QED) is 0.237. The van der Waals surface area contributed by atoms with Gasteiger partial charge in [0.2, 0.25) is 0 Å². The highest BCUT2D eigenvalue weighted by molar-refractivity contribution is 9.11. The predicted molar refractivity (Wildman–Crippen MR) is 124 cm³/mol. The Morgan fingerprint density at radius 2 is 1.76 bits per heavy atom. The highest BCUT2D eigenvalue weighted by atomic mass is 79.9. The number of carbonyl (C=O) groups excluding carboxylic acids is 1.